The lowest BCUT2D eigenvalue weighted by atomic mass is 10.2. The van der Waals surface area contributed by atoms with Gasteiger partial charge in [0, 0.05) is 17.5 Å². The van der Waals surface area contributed by atoms with Crippen molar-refractivity contribution in [1.29, 1.82) is 10.8 Å². The Balaban J connectivity index is 1.68. The molecule has 0 aliphatic rings. The van der Waals surface area contributed by atoms with Crippen LogP contribution in [0.15, 0.2) is 48.5 Å². The SMILES string of the molecule is CCOC(=N)c1ccc(OCCCOc2ccc(C(=N)OCC)cc2)cc1. The molecule has 6 heteroatoms. The molecular weight excluding hydrogens is 344 g/mol. The second kappa shape index (κ2) is 10.9. The van der Waals surface area contributed by atoms with Gasteiger partial charge in [-0.3, -0.25) is 10.8 Å². The van der Waals surface area contributed by atoms with Crippen molar-refractivity contribution in [2.24, 2.45) is 0 Å². The van der Waals surface area contributed by atoms with Gasteiger partial charge in [0.15, 0.2) is 0 Å². The topological polar surface area (TPSA) is 84.6 Å². The summed E-state index contributed by atoms with van der Waals surface area (Å²) in [5.74, 6) is 1.84. The van der Waals surface area contributed by atoms with Crippen LogP contribution in [0.25, 0.3) is 0 Å². The summed E-state index contributed by atoms with van der Waals surface area (Å²) in [6, 6.07) is 14.6. The fourth-order valence-electron chi connectivity index (χ4n) is 2.30. The van der Waals surface area contributed by atoms with Gasteiger partial charge in [-0.05, 0) is 62.4 Å². The van der Waals surface area contributed by atoms with Crippen molar-refractivity contribution < 1.29 is 18.9 Å². The van der Waals surface area contributed by atoms with E-state index in [1.807, 2.05) is 62.4 Å². The molecule has 144 valence electrons. The number of benzene rings is 2. The molecule has 0 saturated heterocycles. The molecule has 0 aromatic heterocycles. The Morgan fingerprint density at radius 2 is 1.04 bits per heavy atom. The summed E-state index contributed by atoms with van der Waals surface area (Å²) in [6.45, 7) is 5.75. The number of ether oxygens (including phenoxy) is 4. The van der Waals surface area contributed by atoms with Gasteiger partial charge in [-0.1, -0.05) is 0 Å². The van der Waals surface area contributed by atoms with Crippen LogP contribution < -0.4 is 9.47 Å². The van der Waals surface area contributed by atoms with Gasteiger partial charge in [0.05, 0.1) is 26.4 Å². The van der Waals surface area contributed by atoms with Gasteiger partial charge in [-0.15, -0.1) is 0 Å². The molecule has 2 aromatic carbocycles. The predicted octanol–water partition coefficient (Wildman–Crippen LogP) is 4.26. The van der Waals surface area contributed by atoms with Crippen LogP contribution in [0.3, 0.4) is 0 Å². The Kier molecular flexibility index (Phi) is 8.16. The first-order chi connectivity index (χ1) is 13.1. The lowest BCUT2D eigenvalue weighted by Crippen LogP contribution is -2.07. The first kappa shape index (κ1) is 20.3. The molecule has 0 saturated carbocycles. The maximum atomic E-state index is 7.73. The zero-order valence-corrected chi connectivity index (χ0v) is 15.8. The Bertz CT molecular complexity index is 663. The minimum atomic E-state index is 0.167. The molecule has 0 amide bonds. The summed E-state index contributed by atoms with van der Waals surface area (Å²) < 4.78 is 21.7. The van der Waals surface area contributed by atoms with Gasteiger partial charge in [-0.25, -0.2) is 0 Å². The normalized spacial score (nSPS) is 10.1. The van der Waals surface area contributed by atoms with Gasteiger partial charge in [0.2, 0.25) is 11.8 Å². The highest BCUT2D eigenvalue weighted by molar-refractivity contribution is 5.92. The number of hydrogen-bond donors (Lipinski definition) is 2. The standard InChI is InChI=1S/C21H26N2O4/c1-3-24-20(22)16-6-10-18(11-7-16)26-14-5-15-27-19-12-8-17(9-13-19)21(23)25-4-2/h6-13,22-23H,3-5,14-15H2,1-2H3. The molecule has 27 heavy (non-hydrogen) atoms. The molecule has 2 aromatic rings. The molecule has 0 radical (unpaired) electrons. The van der Waals surface area contributed by atoms with E-state index in [-0.39, 0.29) is 11.8 Å². The van der Waals surface area contributed by atoms with Crippen molar-refractivity contribution in [2.45, 2.75) is 20.3 Å². The maximum absolute atomic E-state index is 7.73. The maximum Gasteiger partial charge on any atom is 0.213 e. The zero-order valence-electron chi connectivity index (χ0n) is 15.8. The van der Waals surface area contributed by atoms with E-state index >= 15 is 0 Å². The lowest BCUT2D eigenvalue weighted by Gasteiger charge is -2.10. The molecule has 2 N–H and O–H groups in total. The lowest BCUT2D eigenvalue weighted by molar-refractivity contribution is 0.247. The molecule has 6 nitrogen and oxygen atoms in total. The van der Waals surface area contributed by atoms with E-state index in [4.69, 9.17) is 29.8 Å². The van der Waals surface area contributed by atoms with Gasteiger partial charge in [0.25, 0.3) is 0 Å². The molecule has 0 unspecified atom stereocenters. The van der Waals surface area contributed by atoms with Crippen molar-refractivity contribution in [3.63, 3.8) is 0 Å². The Morgan fingerprint density at radius 1 is 0.667 bits per heavy atom. The van der Waals surface area contributed by atoms with Crippen LogP contribution in [0.4, 0.5) is 0 Å². The average Bonchev–Trinajstić information content (AvgIpc) is 2.69. The fourth-order valence-corrected chi connectivity index (χ4v) is 2.30. The molecule has 0 fully saturated rings. The molecule has 0 aliphatic carbocycles. The van der Waals surface area contributed by atoms with E-state index in [1.54, 1.807) is 0 Å². The van der Waals surface area contributed by atoms with Crippen molar-refractivity contribution in [3.05, 3.63) is 59.7 Å². The minimum absolute atomic E-state index is 0.167. The van der Waals surface area contributed by atoms with E-state index in [2.05, 4.69) is 0 Å². The van der Waals surface area contributed by atoms with Crippen molar-refractivity contribution in [3.8, 4) is 11.5 Å². The van der Waals surface area contributed by atoms with E-state index in [0.29, 0.717) is 26.4 Å². The third-order valence-electron chi connectivity index (χ3n) is 3.64. The highest BCUT2D eigenvalue weighted by Gasteiger charge is 2.03. The average molecular weight is 370 g/mol. The van der Waals surface area contributed by atoms with Gasteiger partial charge < -0.3 is 18.9 Å². The van der Waals surface area contributed by atoms with Gasteiger partial charge >= 0.3 is 0 Å². The molecule has 0 atom stereocenters. The second-order valence-corrected chi connectivity index (χ2v) is 5.62. The van der Waals surface area contributed by atoms with Gasteiger partial charge in [0.1, 0.15) is 11.5 Å². The molecule has 2 rings (SSSR count). The Labute approximate surface area is 160 Å². The smallest absolute Gasteiger partial charge is 0.213 e. The predicted molar refractivity (Wildman–Crippen MR) is 105 cm³/mol. The molecule has 0 spiro atoms. The van der Waals surface area contributed by atoms with Crippen LogP contribution in [-0.2, 0) is 9.47 Å². The summed E-state index contributed by atoms with van der Waals surface area (Å²) in [4.78, 5) is 0. The Hall–Kier alpha value is -3.02. The third-order valence-corrected chi connectivity index (χ3v) is 3.64. The van der Waals surface area contributed by atoms with E-state index < -0.39 is 0 Å². The second-order valence-electron chi connectivity index (χ2n) is 5.62. The number of nitrogens with one attached hydrogen (secondary N) is 2. The Morgan fingerprint density at radius 3 is 1.37 bits per heavy atom. The summed E-state index contributed by atoms with van der Waals surface area (Å²) >= 11 is 0. The quantitative estimate of drug-likeness (QED) is 0.372. The summed E-state index contributed by atoms with van der Waals surface area (Å²) in [5.41, 5.74) is 1.46. The summed E-state index contributed by atoms with van der Waals surface area (Å²) in [7, 11) is 0. The highest BCUT2D eigenvalue weighted by Crippen LogP contribution is 2.15. The van der Waals surface area contributed by atoms with E-state index in [0.717, 1.165) is 29.0 Å². The van der Waals surface area contributed by atoms with Crippen LogP contribution in [0.2, 0.25) is 0 Å². The highest BCUT2D eigenvalue weighted by atomic mass is 16.5. The van der Waals surface area contributed by atoms with Crippen LogP contribution in [0, 0.1) is 10.8 Å². The molecule has 0 aliphatic heterocycles. The monoisotopic (exact) mass is 370 g/mol. The third kappa shape index (κ3) is 6.66. The van der Waals surface area contributed by atoms with Crippen molar-refractivity contribution in [1.82, 2.24) is 0 Å². The molecular formula is C21H26N2O4. The fraction of sp³-hybridized carbons (Fsp3) is 0.333. The summed E-state index contributed by atoms with van der Waals surface area (Å²) in [6.07, 6.45) is 0.743. The van der Waals surface area contributed by atoms with Crippen LogP contribution in [0.1, 0.15) is 31.4 Å². The first-order valence-electron chi connectivity index (χ1n) is 9.03. The van der Waals surface area contributed by atoms with Crippen LogP contribution in [-0.4, -0.2) is 38.2 Å². The summed E-state index contributed by atoms with van der Waals surface area (Å²) in [5, 5.41) is 15.5. The van der Waals surface area contributed by atoms with E-state index in [9.17, 15) is 0 Å². The van der Waals surface area contributed by atoms with Crippen LogP contribution in [0.5, 0.6) is 11.5 Å². The van der Waals surface area contributed by atoms with Crippen molar-refractivity contribution >= 4 is 11.8 Å². The van der Waals surface area contributed by atoms with Crippen molar-refractivity contribution in [2.75, 3.05) is 26.4 Å². The van der Waals surface area contributed by atoms with E-state index in [1.165, 1.54) is 0 Å². The number of rotatable bonds is 10. The first-order valence-corrected chi connectivity index (χ1v) is 9.03. The molecule has 0 bridgehead atoms. The largest absolute Gasteiger partial charge is 0.493 e. The zero-order chi connectivity index (χ0) is 19.5. The van der Waals surface area contributed by atoms with Gasteiger partial charge in [-0.2, -0.15) is 0 Å². The number of hydrogen-bond acceptors (Lipinski definition) is 6. The minimum Gasteiger partial charge on any atom is -0.493 e. The van der Waals surface area contributed by atoms with Crippen LogP contribution >= 0.6 is 0 Å². The molecule has 0 heterocycles.